The Morgan fingerprint density at radius 2 is 0.756 bits per heavy atom. The van der Waals surface area contributed by atoms with Gasteiger partial charge in [0.25, 0.3) is 0 Å². The number of aliphatic hydroxyl groups is 2. The van der Waals surface area contributed by atoms with Crippen molar-refractivity contribution in [3.63, 3.8) is 0 Å². The maximum Gasteiger partial charge on any atom is 0.221 e. The normalized spacial score (nSPS) is 13.0. The Balaban J connectivity index is 3.39. The van der Waals surface area contributed by atoms with Gasteiger partial charge >= 0.3 is 0 Å². The summed E-state index contributed by atoms with van der Waals surface area (Å²) in [5.74, 6) is -0.0870. The number of amides is 1. The minimum Gasteiger partial charge on any atom is -0.393 e. The van der Waals surface area contributed by atoms with Gasteiger partial charge in [0.1, 0.15) is 6.23 Å². The molecule has 0 aliphatic heterocycles. The number of carbonyl (C=O) groups excluding carboxylic acids is 1. The maximum absolute atomic E-state index is 12.1. The SMILES string of the molecule is CCCCCCCCCCCCCCCCCCC(=O)NC(O)CC(O)CCCCCCCCCCCCCCC. The number of hydrogen-bond acceptors (Lipinski definition) is 3. The van der Waals surface area contributed by atoms with Gasteiger partial charge in [0.15, 0.2) is 0 Å². The molecule has 0 aliphatic rings. The van der Waals surface area contributed by atoms with Gasteiger partial charge < -0.3 is 15.5 Å². The Kier molecular flexibility index (Phi) is 33.4. The molecule has 1 amide bonds. The highest BCUT2D eigenvalue weighted by molar-refractivity contribution is 5.75. The van der Waals surface area contributed by atoms with Crippen LogP contribution in [-0.4, -0.2) is 28.5 Å². The predicted octanol–water partition coefficient (Wildman–Crippen LogP) is 11.3. The van der Waals surface area contributed by atoms with E-state index in [0.29, 0.717) is 12.8 Å². The molecule has 0 aromatic rings. The second-order valence-corrected chi connectivity index (χ2v) is 13.1. The highest BCUT2D eigenvalue weighted by atomic mass is 16.3. The van der Waals surface area contributed by atoms with E-state index in [9.17, 15) is 15.0 Å². The van der Waals surface area contributed by atoms with Crippen molar-refractivity contribution in [1.29, 1.82) is 0 Å². The van der Waals surface area contributed by atoms with E-state index in [2.05, 4.69) is 19.2 Å². The van der Waals surface area contributed by atoms with E-state index in [-0.39, 0.29) is 12.3 Å². The Morgan fingerprint density at radius 3 is 1.10 bits per heavy atom. The third-order valence-electron chi connectivity index (χ3n) is 8.72. The summed E-state index contributed by atoms with van der Waals surface area (Å²) >= 11 is 0. The molecule has 0 fully saturated rings. The van der Waals surface area contributed by atoms with Crippen LogP contribution in [-0.2, 0) is 4.79 Å². The highest BCUT2D eigenvalue weighted by Crippen LogP contribution is 2.16. The number of nitrogens with one attached hydrogen (secondary N) is 1. The van der Waals surface area contributed by atoms with Crippen LogP contribution in [0.3, 0.4) is 0 Å². The Bertz CT molecular complexity index is 512. The fraction of sp³-hybridized carbons (Fsp3) is 0.973. The summed E-state index contributed by atoms with van der Waals surface area (Å²) in [5.41, 5.74) is 0. The average molecular weight is 582 g/mol. The monoisotopic (exact) mass is 582 g/mol. The molecule has 4 heteroatoms. The smallest absolute Gasteiger partial charge is 0.221 e. The zero-order chi connectivity index (χ0) is 30.1. The van der Waals surface area contributed by atoms with Gasteiger partial charge in [-0.15, -0.1) is 0 Å². The van der Waals surface area contributed by atoms with Crippen molar-refractivity contribution in [3.8, 4) is 0 Å². The van der Waals surface area contributed by atoms with E-state index in [1.807, 2.05) is 0 Å². The Labute approximate surface area is 257 Å². The van der Waals surface area contributed by atoms with E-state index >= 15 is 0 Å². The number of unbranched alkanes of at least 4 members (excludes halogenated alkanes) is 27. The molecule has 0 aliphatic carbocycles. The lowest BCUT2D eigenvalue weighted by Gasteiger charge is -2.17. The number of hydrogen-bond donors (Lipinski definition) is 3. The lowest BCUT2D eigenvalue weighted by atomic mass is 10.0. The van der Waals surface area contributed by atoms with Crippen molar-refractivity contribution in [2.45, 2.75) is 232 Å². The van der Waals surface area contributed by atoms with Gasteiger partial charge in [-0.2, -0.15) is 0 Å². The third kappa shape index (κ3) is 33.8. The first-order valence-electron chi connectivity index (χ1n) is 18.8. The van der Waals surface area contributed by atoms with Crippen LogP contribution < -0.4 is 5.32 Å². The minimum absolute atomic E-state index is 0.0870. The molecular weight excluding hydrogens is 506 g/mol. The van der Waals surface area contributed by atoms with Crippen molar-refractivity contribution in [1.82, 2.24) is 5.32 Å². The molecule has 0 bridgehead atoms. The van der Waals surface area contributed by atoms with E-state index in [1.165, 1.54) is 161 Å². The zero-order valence-electron chi connectivity index (χ0n) is 28.1. The molecule has 0 radical (unpaired) electrons. The first kappa shape index (κ1) is 40.4. The molecular formula is C37H75NO3. The van der Waals surface area contributed by atoms with Gasteiger partial charge in [-0.05, 0) is 12.8 Å². The molecule has 0 saturated carbocycles. The van der Waals surface area contributed by atoms with Crippen LogP contribution in [0, 0.1) is 0 Å². The molecule has 0 aromatic heterocycles. The summed E-state index contributed by atoms with van der Waals surface area (Å²) in [4.78, 5) is 12.1. The maximum atomic E-state index is 12.1. The summed E-state index contributed by atoms with van der Waals surface area (Å²) in [6.45, 7) is 4.55. The van der Waals surface area contributed by atoms with Gasteiger partial charge in [0, 0.05) is 12.8 Å². The van der Waals surface area contributed by atoms with Crippen molar-refractivity contribution < 1.29 is 15.0 Å². The van der Waals surface area contributed by atoms with Gasteiger partial charge in [0.2, 0.25) is 5.91 Å². The quantitative estimate of drug-likeness (QED) is 0.0523. The summed E-state index contributed by atoms with van der Waals surface area (Å²) < 4.78 is 0. The second kappa shape index (κ2) is 33.9. The Morgan fingerprint density at radius 1 is 0.463 bits per heavy atom. The van der Waals surface area contributed by atoms with Crippen LogP contribution >= 0.6 is 0 Å². The molecule has 246 valence electrons. The van der Waals surface area contributed by atoms with Crippen molar-refractivity contribution in [2.24, 2.45) is 0 Å². The fourth-order valence-electron chi connectivity index (χ4n) is 5.92. The molecule has 0 saturated heterocycles. The van der Waals surface area contributed by atoms with Crippen LogP contribution in [0.4, 0.5) is 0 Å². The zero-order valence-corrected chi connectivity index (χ0v) is 28.1. The topological polar surface area (TPSA) is 69.6 Å². The average Bonchev–Trinajstić information content (AvgIpc) is 2.95. The van der Waals surface area contributed by atoms with E-state index < -0.39 is 12.3 Å². The minimum atomic E-state index is -0.930. The van der Waals surface area contributed by atoms with Crippen molar-refractivity contribution in [2.75, 3.05) is 0 Å². The van der Waals surface area contributed by atoms with E-state index in [0.717, 1.165) is 25.7 Å². The second-order valence-electron chi connectivity index (χ2n) is 13.1. The van der Waals surface area contributed by atoms with E-state index in [4.69, 9.17) is 0 Å². The van der Waals surface area contributed by atoms with Crippen LogP contribution in [0.5, 0.6) is 0 Å². The first-order chi connectivity index (χ1) is 20.1. The number of rotatable bonds is 34. The van der Waals surface area contributed by atoms with Crippen LogP contribution in [0.1, 0.15) is 219 Å². The Hall–Kier alpha value is -0.610. The molecule has 3 N–H and O–H groups in total. The van der Waals surface area contributed by atoms with Gasteiger partial charge in [-0.25, -0.2) is 0 Å². The molecule has 0 rings (SSSR count). The lowest BCUT2D eigenvalue weighted by Crippen LogP contribution is -2.37. The molecule has 0 heterocycles. The van der Waals surface area contributed by atoms with Crippen LogP contribution in [0.25, 0.3) is 0 Å². The number of aliphatic hydroxyl groups excluding tert-OH is 2. The molecule has 41 heavy (non-hydrogen) atoms. The number of carbonyl (C=O) groups is 1. The van der Waals surface area contributed by atoms with Crippen molar-refractivity contribution >= 4 is 5.91 Å². The van der Waals surface area contributed by atoms with Crippen LogP contribution in [0.15, 0.2) is 0 Å². The summed E-state index contributed by atoms with van der Waals surface area (Å²) in [6, 6.07) is 0. The summed E-state index contributed by atoms with van der Waals surface area (Å²) in [7, 11) is 0. The largest absolute Gasteiger partial charge is 0.393 e. The summed E-state index contributed by atoms with van der Waals surface area (Å²) in [5, 5.41) is 23.0. The van der Waals surface area contributed by atoms with E-state index in [1.54, 1.807) is 0 Å². The molecule has 0 spiro atoms. The van der Waals surface area contributed by atoms with Gasteiger partial charge in [-0.1, -0.05) is 194 Å². The molecule has 4 nitrogen and oxygen atoms in total. The molecule has 2 atom stereocenters. The highest BCUT2D eigenvalue weighted by Gasteiger charge is 2.14. The van der Waals surface area contributed by atoms with Gasteiger partial charge in [0.05, 0.1) is 6.10 Å². The summed E-state index contributed by atoms with van der Waals surface area (Å²) in [6.07, 6.45) is 38.2. The first-order valence-corrected chi connectivity index (χ1v) is 18.8. The standard InChI is InChI=1S/C37H75NO3/c1-3-5-7-9-11-13-15-17-18-19-21-23-25-27-29-31-33-36(40)38-37(41)34-35(39)32-30-28-26-24-22-20-16-14-12-10-8-6-4-2/h35,37,39,41H,3-34H2,1-2H3,(H,38,40). The molecule has 2 unspecified atom stereocenters. The fourth-order valence-corrected chi connectivity index (χ4v) is 5.92. The van der Waals surface area contributed by atoms with Crippen LogP contribution in [0.2, 0.25) is 0 Å². The lowest BCUT2D eigenvalue weighted by molar-refractivity contribution is -0.124. The third-order valence-corrected chi connectivity index (χ3v) is 8.72. The predicted molar refractivity (Wildman–Crippen MR) is 179 cm³/mol. The van der Waals surface area contributed by atoms with Gasteiger partial charge in [-0.3, -0.25) is 4.79 Å². The molecule has 0 aromatic carbocycles. The van der Waals surface area contributed by atoms with Crippen molar-refractivity contribution in [3.05, 3.63) is 0 Å².